The van der Waals surface area contributed by atoms with Crippen LogP contribution in [0.4, 0.5) is 0 Å². The van der Waals surface area contributed by atoms with Crippen LogP contribution in [-0.2, 0) is 4.79 Å². The number of rotatable bonds is 3. The van der Waals surface area contributed by atoms with Crippen molar-refractivity contribution in [3.05, 3.63) is 0 Å². The van der Waals surface area contributed by atoms with E-state index >= 15 is 0 Å². The molecule has 0 amide bonds. The first-order valence-corrected chi connectivity index (χ1v) is 4.21. The summed E-state index contributed by atoms with van der Waals surface area (Å²) < 4.78 is 0. The van der Waals surface area contributed by atoms with Crippen LogP contribution in [0.2, 0.25) is 0 Å². The zero-order chi connectivity index (χ0) is 8.36. The zero-order valence-electron chi connectivity index (χ0n) is 5.83. The summed E-state index contributed by atoms with van der Waals surface area (Å²) in [5, 5.41) is 0. The maximum absolute atomic E-state index is 11.0. The van der Waals surface area contributed by atoms with E-state index in [1.54, 1.807) is 13.8 Å². The number of ketones is 1. The number of hydrogen-bond acceptors (Lipinski definition) is 1. The van der Waals surface area contributed by atoms with Gasteiger partial charge in [0.1, 0.15) is 0 Å². The Labute approximate surface area is 75.6 Å². The molecule has 0 aromatic rings. The molecule has 0 aliphatic rings. The van der Waals surface area contributed by atoms with Crippen molar-refractivity contribution < 1.29 is 4.79 Å². The van der Waals surface area contributed by atoms with E-state index in [0.29, 0.717) is 0 Å². The lowest BCUT2D eigenvalue weighted by atomic mass is 9.91. The van der Waals surface area contributed by atoms with Crippen LogP contribution in [0.15, 0.2) is 0 Å². The van der Waals surface area contributed by atoms with Gasteiger partial charge in [0.25, 0.3) is 0 Å². The second kappa shape index (κ2) is 3.80. The van der Waals surface area contributed by atoms with Crippen LogP contribution in [0.1, 0.15) is 13.8 Å². The molecule has 0 unspecified atom stereocenters. The van der Waals surface area contributed by atoms with Crippen molar-refractivity contribution in [2.75, 3.05) is 5.88 Å². The standard InChI is InChI=1S/C6H9Cl3O/c1-6(2,3-7)4(10)5(8)9/h5H,3H2,1-2H3. The molecule has 0 aromatic heterocycles. The van der Waals surface area contributed by atoms with Crippen molar-refractivity contribution in [1.29, 1.82) is 0 Å². The van der Waals surface area contributed by atoms with Crippen molar-refractivity contribution in [1.82, 2.24) is 0 Å². The van der Waals surface area contributed by atoms with Gasteiger partial charge in [0.15, 0.2) is 10.6 Å². The van der Waals surface area contributed by atoms with E-state index in [2.05, 4.69) is 0 Å². The molecule has 0 fully saturated rings. The van der Waals surface area contributed by atoms with E-state index < -0.39 is 10.3 Å². The molecule has 10 heavy (non-hydrogen) atoms. The van der Waals surface area contributed by atoms with Gasteiger partial charge in [0.2, 0.25) is 0 Å². The maximum atomic E-state index is 11.0. The largest absolute Gasteiger partial charge is 0.296 e. The van der Waals surface area contributed by atoms with Crippen molar-refractivity contribution in [3.8, 4) is 0 Å². The van der Waals surface area contributed by atoms with Gasteiger partial charge in [0.05, 0.1) is 0 Å². The number of halogens is 3. The van der Waals surface area contributed by atoms with Gasteiger partial charge in [-0.15, -0.1) is 11.6 Å². The second-order valence-electron chi connectivity index (χ2n) is 2.68. The van der Waals surface area contributed by atoms with E-state index in [1.807, 2.05) is 0 Å². The number of hydrogen-bond donors (Lipinski definition) is 0. The van der Waals surface area contributed by atoms with E-state index in [1.165, 1.54) is 0 Å². The Kier molecular flexibility index (Phi) is 4.00. The average Bonchev–Trinajstić information content (AvgIpc) is 1.86. The highest BCUT2D eigenvalue weighted by Gasteiger charge is 2.30. The summed E-state index contributed by atoms with van der Waals surface area (Å²) in [6.45, 7) is 3.42. The highest BCUT2D eigenvalue weighted by atomic mass is 35.5. The summed E-state index contributed by atoms with van der Waals surface area (Å²) in [5.74, 6) is 0.00716. The van der Waals surface area contributed by atoms with Crippen LogP contribution in [0.5, 0.6) is 0 Å². The molecule has 60 valence electrons. The fourth-order valence-corrected chi connectivity index (χ4v) is 1.08. The zero-order valence-corrected chi connectivity index (χ0v) is 8.09. The fraction of sp³-hybridized carbons (Fsp3) is 0.833. The Hall–Kier alpha value is 0.540. The third-order valence-electron chi connectivity index (χ3n) is 1.20. The van der Waals surface area contributed by atoms with Gasteiger partial charge in [-0.05, 0) is 0 Å². The lowest BCUT2D eigenvalue weighted by molar-refractivity contribution is -0.124. The van der Waals surface area contributed by atoms with Gasteiger partial charge in [-0.25, -0.2) is 0 Å². The maximum Gasteiger partial charge on any atom is 0.172 e. The van der Waals surface area contributed by atoms with Crippen LogP contribution in [0.3, 0.4) is 0 Å². The van der Waals surface area contributed by atoms with E-state index in [0.717, 1.165) is 0 Å². The molecule has 0 saturated heterocycles. The molecular weight excluding hydrogens is 194 g/mol. The monoisotopic (exact) mass is 202 g/mol. The van der Waals surface area contributed by atoms with Crippen molar-refractivity contribution in [2.45, 2.75) is 18.7 Å². The van der Waals surface area contributed by atoms with Crippen LogP contribution in [0, 0.1) is 5.41 Å². The molecule has 0 aliphatic carbocycles. The first-order valence-electron chi connectivity index (χ1n) is 2.80. The topological polar surface area (TPSA) is 17.1 Å². The molecule has 4 heteroatoms. The minimum absolute atomic E-state index is 0.231. The average molecular weight is 203 g/mol. The molecule has 0 atom stereocenters. The van der Waals surface area contributed by atoms with E-state index in [4.69, 9.17) is 34.8 Å². The molecule has 1 nitrogen and oxygen atoms in total. The predicted molar refractivity (Wildman–Crippen MR) is 45.0 cm³/mol. The highest BCUT2D eigenvalue weighted by Crippen LogP contribution is 2.23. The third-order valence-corrected chi connectivity index (χ3v) is 2.26. The minimum Gasteiger partial charge on any atom is -0.296 e. The summed E-state index contributed by atoms with van der Waals surface area (Å²) in [6.07, 6.45) is 0. The van der Waals surface area contributed by atoms with Crippen molar-refractivity contribution in [3.63, 3.8) is 0 Å². The molecule has 0 saturated carbocycles. The summed E-state index contributed by atoms with van der Waals surface area (Å²) in [5.41, 5.74) is -0.615. The van der Waals surface area contributed by atoms with Crippen molar-refractivity contribution in [2.24, 2.45) is 5.41 Å². The Morgan fingerprint density at radius 3 is 2.00 bits per heavy atom. The quantitative estimate of drug-likeness (QED) is 0.645. The molecule has 0 spiro atoms. The third kappa shape index (κ3) is 2.65. The van der Waals surface area contributed by atoms with Gasteiger partial charge >= 0.3 is 0 Å². The lowest BCUT2D eigenvalue weighted by Gasteiger charge is -2.19. The summed E-state index contributed by atoms with van der Waals surface area (Å²) in [6, 6.07) is 0. The van der Waals surface area contributed by atoms with E-state index in [-0.39, 0.29) is 11.7 Å². The molecule has 0 aliphatic heterocycles. The van der Waals surface area contributed by atoms with Crippen LogP contribution >= 0.6 is 34.8 Å². The molecule has 0 N–H and O–H groups in total. The molecule has 0 rings (SSSR count). The first kappa shape index (κ1) is 10.5. The van der Waals surface area contributed by atoms with Gasteiger partial charge in [-0.2, -0.15) is 0 Å². The van der Waals surface area contributed by atoms with Crippen molar-refractivity contribution >= 4 is 40.6 Å². The fourth-order valence-electron chi connectivity index (χ4n) is 0.361. The van der Waals surface area contributed by atoms with Crippen LogP contribution in [-0.4, -0.2) is 16.5 Å². The summed E-state index contributed by atoms with van der Waals surface area (Å²) in [7, 11) is 0. The predicted octanol–water partition coefficient (Wildman–Crippen LogP) is 2.62. The molecule has 0 radical (unpaired) electrons. The second-order valence-corrected chi connectivity index (χ2v) is 4.05. The molecular formula is C6H9Cl3O. The minimum atomic E-state index is -0.964. The summed E-state index contributed by atoms with van der Waals surface area (Å²) in [4.78, 5) is 10.1. The van der Waals surface area contributed by atoms with Gasteiger partial charge in [-0.3, -0.25) is 4.79 Å². The number of carbonyl (C=O) groups excluding carboxylic acids is 1. The van der Waals surface area contributed by atoms with Gasteiger partial charge in [0, 0.05) is 11.3 Å². The highest BCUT2D eigenvalue weighted by molar-refractivity contribution is 6.54. The smallest absolute Gasteiger partial charge is 0.172 e. The van der Waals surface area contributed by atoms with Gasteiger partial charge in [-0.1, -0.05) is 37.0 Å². The SMILES string of the molecule is CC(C)(CCl)C(=O)C(Cl)Cl. The first-order chi connectivity index (χ1) is 4.41. The Bertz CT molecular complexity index is 131. The Morgan fingerprint density at radius 2 is 1.90 bits per heavy atom. The Morgan fingerprint density at radius 1 is 1.50 bits per heavy atom. The number of alkyl halides is 3. The van der Waals surface area contributed by atoms with Crippen LogP contribution in [0.25, 0.3) is 0 Å². The molecule has 0 heterocycles. The summed E-state index contributed by atoms with van der Waals surface area (Å²) >= 11 is 16.2. The molecule has 0 aromatic carbocycles. The van der Waals surface area contributed by atoms with E-state index in [9.17, 15) is 4.79 Å². The lowest BCUT2D eigenvalue weighted by Crippen LogP contribution is -2.30. The Balaban J connectivity index is 4.19. The number of Topliss-reactive ketones (excluding diaryl/α,β-unsaturated/α-hetero) is 1. The number of carbonyl (C=O) groups is 1. The van der Waals surface area contributed by atoms with Crippen LogP contribution < -0.4 is 0 Å². The van der Waals surface area contributed by atoms with Gasteiger partial charge < -0.3 is 0 Å². The molecule has 0 bridgehead atoms. The normalized spacial score (nSPS) is 12.2.